The van der Waals surface area contributed by atoms with Gasteiger partial charge in [-0.05, 0) is 195 Å². The monoisotopic (exact) mass is 1430 g/mol. The zero-order chi connectivity index (χ0) is 74.5. The number of nitrogens with two attached hydrogens (primary N) is 3. The first-order valence-electron chi connectivity index (χ1n) is 35.1. The SMILES string of the molecule is C=CC(=O)N1CCC[C@@H]1Cn1nc(-c2ccc(Oc3ccccc3)cc2)c2c(N)ncnc21.CC(C)(C)OC(=O)N1CCC[C@@H]1CO.CC(C)(C)OC(=O)N1CCC[C@@H]1Cn1nc(-c2ccc(Oc3ccccc3)cc2)c2c(N)ncnc21.Nc1ncnc2n[nH]c(-c3ccc(Oc4ccccc4)cc3)c12. The van der Waals surface area contributed by atoms with Crippen molar-refractivity contribution in [1.29, 1.82) is 0 Å². The molecule has 6 aromatic heterocycles. The number of H-pyrrole nitrogens is 1. The number of ether oxygens (including phenoxy) is 5. The molecule has 15 rings (SSSR count). The van der Waals surface area contributed by atoms with Gasteiger partial charge in [-0.1, -0.05) is 61.2 Å². The molecule has 0 unspecified atom stereocenters. The number of hydrogen-bond donors (Lipinski definition) is 5. The first-order valence-corrected chi connectivity index (χ1v) is 35.1. The Bertz CT molecular complexity index is 4970. The summed E-state index contributed by atoms with van der Waals surface area (Å²) < 4.78 is 32.1. The van der Waals surface area contributed by atoms with Gasteiger partial charge in [0.1, 0.15) is 93.5 Å². The van der Waals surface area contributed by atoms with Gasteiger partial charge in [-0.2, -0.15) is 15.3 Å². The summed E-state index contributed by atoms with van der Waals surface area (Å²) in [7, 11) is 0. The number of nitrogen functional groups attached to an aromatic ring is 3. The van der Waals surface area contributed by atoms with Gasteiger partial charge in [-0.25, -0.2) is 48.9 Å². The molecule has 0 spiro atoms. The Kier molecular flexibility index (Phi) is 22.7. The Hall–Kier alpha value is -12.5. The summed E-state index contributed by atoms with van der Waals surface area (Å²) in [6.07, 6.45) is 10.5. The van der Waals surface area contributed by atoms with E-state index in [0.29, 0.717) is 82.7 Å². The smallest absolute Gasteiger partial charge is 0.410 e. The van der Waals surface area contributed by atoms with E-state index in [1.807, 2.05) is 220 Å². The maximum atomic E-state index is 12.8. The van der Waals surface area contributed by atoms with Crippen LogP contribution in [0.5, 0.6) is 34.5 Å². The third-order valence-electron chi connectivity index (χ3n) is 17.7. The highest BCUT2D eigenvalue weighted by molar-refractivity contribution is 6.00. The highest BCUT2D eigenvalue weighted by atomic mass is 16.6. The van der Waals surface area contributed by atoms with Crippen molar-refractivity contribution in [2.24, 2.45) is 0 Å². The Morgan fingerprint density at radius 1 is 0.481 bits per heavy atom. The van der Waals surface area contributed by atoms with Crippen LogP contribution in [0.1, 0.15) is 80.1 Å². The predicted octanol–water partition coefficient (Wildman–Crippen LogP) is 14.1. The van der Waals surface area contributed by atoms with Crippen molar-refractivity contribution in [3.8, 4) is 68.3 Å². The topological polar surface area (TPSA) is 347 Å². The third-order valence-corrected chi connectivity index (χ3v) is 17.7. The fourth-order valence-corrected chi connectivity index (χ4v) is 12.7. The van der Waals surface area contributed by atoms with Crippen molar-refractivity contribution in [2.45, 2.75) is 122 Å². The van der Waals surface area contributed by atoms with Gasteiger partial charge in [0.15, 0.2) is 16.9 Å². The molecule has 27 heteroatoms. The molecule has 9 heterocycles. The van der Waals surface area contributed by atoms with E-state index in [1.54, 1.807) is 9.80 Å². The lowest BCUT2D eigenvalue weighted by Gasteiger charge is -2.28. The number of hydrogen-bond acceptors (Lipinski definition) is 21. The molecule has 3 fully saturated rings. The van der Waals surface area contributed by atoms with Crippen LogP contribution in [0.3, 0.4) is 0 Å². The number of aromatic amines is 1. The van der Waals surface area contributed by atoms with Crippen LogP contribution in [0, 0.1) is 0 Å². The van der Waals surface area contributed by atoms with Crippen LogP contribution in [-0.4, -0.2) is 153 Å². The number of nitrogens with zero attached hydrogens (tertiary/aromatic N) is 14. The lowest BCUT2D eigenvalue weighted by atomic mass is 10.1. The molecular weight excluding hydrogens is 1340 g/mol. The van der Waals surface area contributed by atoms with Crippen molar-refractivity contribution in [3.63, 3.8) is 0 Å². The number of aliphatic hydroxyl groups excluding tert-OH is 1. The minimum Gasteiger partial charge on any atom is -0.457 e. The van der Waals surface area contributed by atoms with E-state index in [4.69, 9.17) is 56.2 Å². The van der Waals surface area contributed by atoms with Crippen molar-refractivity contribution in [1.82, 2.24) is 74.4 Å². The molecule has 8 N–H and O–H groups in total. The molecule has 546 valence electrons. The second-order valence-electron chi connectivity index (χ2n) is 27.5. The molecule has 12 aromatic rings. The van der Waals surface area contributed by atoms with Gasteiger partial charge in [-0.3, -0.25) is 9.89 Å². The highest BCUT2D eigenvalue weighted by Crippen LogP contribution is 2.37. The molecule has 3 atom stereocenters. The van der Waals surface area contributed by atoms with Crippen LogP contribution >= 0.6 is 0 Å². The fraction of sp³-hybridized carbons (Fsp3) is 0.291. The number of carbonyl (C=O) groups excluding carboxylic acids is 3. The highest BCUT2D eigenvalue weighted by Gasteiger charge is 2.35. The van der Waals surface area contributed by atoms with Crippen molar-refractivity contribution in [3.05, 3.63) is 195 Å². The van der Waals surface area contributed by atoms with Gasteiger partial charge >= 0.3 is 12.2 Å². The Labute approximate surface area is 613 Å². The quantitative estimate of drug-likeness (QED) is 0.0595. The fourth-order valence-electron chi connectivity index (χ4n) is 12.7. The number of amides is 3. The summed E-state index contributed by atoms with van der Waals surface area (Å²) in [6, 6.07) is 51.9. The van der Waals surface area contributed by atoms with Crippen LogP contribution in [0.2, 0.25) is 0 Å². The molecule has 0 radical (unpaired) electrons. The second-order valence-corrected chi connectivity index (χ2v) is 27.5. The molecule has 0 aliphatic carbocycles. The van der Waals surface area contributed by atoms with Gasteiger partial charge < -0.3 is 60.7 Å². The lowest BCUT2D eigenvalue weighted by molar-refractivity contribution is -0.127. The van der Waals surface area contributed by atoms with E-state index in [-0.39, 0.29) is 42.8 Å². The number of anilines is 3. The average Bonchev–Trinajstić information content (AvgIpc) is 1.62. The van der Waals surface area contributed by atoms with Crippen molar-refractivity contribution >= 4 is 68.6 Å². The van der Waals surface area contributed by atoms with Crippen LogP contribution in [0.25, 0.3) is 66.9 Å². The normalized spacial score (nSPS) is 15.6. The molecule has 0 saturated carbocycles. The van der Waals surface area contributed by atoms with Gasteiger partial charge in [0.05, 0.1) is 59.7 Å². The van der Waals surface area contributed by atoms with Gasteiger partial charge in [0.25, 0.3) is 0 Å². The summed E-state index contributed by atoms with van der Waals surface area (Å²) in [4.78, 5) is 67.3. The van der Waals surface area contributed by atoms with Crippen LogP contribution in [0.4, 0.5) is 27.0 Å². The zero-order valence-electron chi connectivity index (χ0n) is 60.0. The summed E-state index contributed by atoms with van der Waals surface area (Å²) in [5, 5.41) is 28.0. The molecule has 3 aliphatic heterocycles. The van der Waals surface area contributed by atoms with Gasteiger partial charge in [0.2, 0.25) is 5.91 Å². The second kappa shape index (κ2) is 32.9. The number of fused-ring (bicyclic) bond motifs is 3. The van der Waals surface area contributed by atoms with Crippen LogP contribution < -0.4 is 31.4 Å². The van der Waals surface area contributed by atoms with E-state index in [9.17, 15) is 14.4 Å². The zero-order valence-corrected chi connectivity index (χ0v) is 60.0. The molecule has 3 aliphatic rings. The van der Waals surface area contributed by atoms with E-state index >= 15 is 0 Å². The minimum atomic E-state index is -0.548. The molecular formula is C79H86N18O9. The van der Waals surface area contributed by atoms with E-state index < -0.39 is 11.2 Å². The third kappa shape index (κ3) is 17.9. The number of rotatable bonds is 15. The molecule has 106 heavy (non-hydrogen) atoms. The molecule has 27 nitrogen and oxygen atoms in total. The minimum absolute atomic E-state index is 0.0270. The first kappa shape index (κ1) is 73.2. The predicted molar refractivity (Wildman–Crippen MR) is 405 cm³/mol. The lowest BCUT2D eigenvalue weighted by Crippen LogP contribution is -2.41. The molecule has 3 saturated heterocycles. The summed E-state index contributed by atoms with van der Waals surface area (Å²) in [5.41, 5.74) is 24.2. The first-order chi connectivity index (χ1) is 51.2. The number of nitrogens with one attached hydrogen (secondary N) is 1. The number of likely N-dealkylation sites (tertiary alicyclic amines) is 3. The van der Waals surface area contributed by atoms with Crippen LogP contribution in [0.15, 0.2) is 195 Å². The number of benzene rings is 6. The molecule has 0 bridgehead atoms. The van der Waals surface area contributed by atoms with E-state index in [0.717, 1.165) is 107 Å². The number of para-hydroxylation sites is 3. The van der Waals surface area contributed by atoms with Crippen molar-refractivity contribution < 1.29 is 43.2 Å². The summed E-state index contributed by atoms with van der Waals surface area (Å²) in [6.45, 7) is 17.9. The van der Waals surface area contributed by atoms with Crippen molar-refractivity contribution in [2.75, 3.05) is 43.4 Å². The summed E-state index contributed by atoms with van der Waals surface area (Å²) in [5.74, 6) is 5.62. The molecule has 3 amide bonds. The Morgan fingerprint density at radius 3 is 1.25 bits per heavy atom. The Balaban J connectivity index is 0.000000139. The standard InChI is InChI=1S/C27H30N6O3.C25H24N6O2.C17H13N5O.C10H19NO3/c1-27(2,3)36-26(34)32-15-7-8-19(32)16-33-25-22(24(28)29-17-30-25)23(31-33)18-11-13-21(14-12-18)35-20-9-5-4-6-10-20;1-2-21(32)30-14-6-7-18(30)15-31-25-22(24(26)27-16-28-25)23(29-31)17-10-12-20(13-11-17)33-19-8-4-3-5-9-19;18-16-14-15(21-22-17(14)20-10-19-16)11-6-8-13(9-7-11)23-12-4-2-1-3-5-12;1-10(2,3)14-9(13)11-6-4-5-8(11)7-12/h4-6,9-14,17,19H,7-8,15-16H2,1-3H3,(H2,28,29,30);2-5,8-13,16,18H,1,6-7,14-15H2,(H2,26,27,28);1-10H,(H3,18,19,20,21,22);8,12H,4-7H2,1-3H3/t19-;18-;;8-/m11.1/s1. The van der Waals surface area contributed by atoms with E-state index in [2.05, 4.69) is 46.7 Å². The van der Waals surface area contributed by atoms with Crippen LogP contribution in [-0.2, 0) is 27.4 Å². The summed E-state index contributed by atoms with van der Waals surface area (Å²) >= 11 is 0. The maximum Gasteiger partial charge on any atom is 0.410 e. The Morgan fingerprint density at radius 2 is 0.840 bits per heavy atom. The largest absolute Gasteiger partial charge is 0.457 e. The number of carbonyl (C=O) groups is 3. The number of aliphatic hydroxyl groups is 1. The van der Waals surface area contributed by atoms with E-state index in [1.165, 1.54) is 25.1 Å². The number of aromatic nitrogens is 12. The molecule has 6 aromatic carbocycles. The maximum absolute atomic E-state index is 12.8. The average molecular weight is 1430 g/mol. The van der Waals surface area contributed by atoms with Gasteiger partial charge in [-0.15, -0.1) is 0 Å². The van der Waals surface area contributed by atoms with Gasteiger partial charge in [0, 0.05) is 36.3 Å².